The second-order valence-electron chi connectivity index (χ2n) is 4.42. The number of hydrogen-bond acceptors (Lipinski definition) is 2. The van der Waals surface area contributed by atoms with Gasteiger partial charge in [-0.3, -0.25) is 4.90 Å². The van der Waals surface area contributed by atoms with Crippen molar-refractivity contribution in [2.45, 2.75) is 26.3 Å². The summed E-state index contributed by atoms with van der Waals surface area (Å²) in [4.78, 5) is 6.78. The summed E-state index contributed by atoms with van der Waals surface area (Å²) in [6, 6.07) is 4.74. The second kappa shape index (κ2) is 5.11. The van der Waals surface area contributed by atoms with Crippen LogP contribution in [0.4, 0.5) is 0 Å². The maximum atomic E-state index is 4.28. The minimum Gasteiger partial charge on any atom is -0.296 e. The average Bonchev–Trinajstić information content (AvgIpc) is 2.30. The third-order valence-electron chi connectivity index (χ3n) is 3.02. The molecule has 0 amide bonds. The van der Waals surface area contributed by atoms with Gasteiger partial charge in [0.15, 0.2) is 0 Å². The fourth-order valence-corrected chi connectivity index (χ4v) is 2.53. The maximum absolute atomic E-state index is 4.28. The molecule has 1 aliphatic heterocycles. The highest BCUT2D eigenvalue weighted by atomic mass is 79.9. The first-order chi connectivity index (χ1) is 7.68. The van der Waals surface area contributed by atoms with Crippen molar-refractivity contribution < 1.29 is 0 Å². The topological polar surface area (TPSA) is 16.1 Å². The molecule has 0 bridgehead atoms. The third-order valence-corrected chi connectivity index (χ3v) is 3.65. The summed E-state index contributed by atoms with van der Waals surface area (Å²) in [5, 5.41) is 0. The molecule has 0 atom stereocenters. The molecule has 0 saturated heterocycles. The number of hydrogen-bond donors (Lipinski definition) is 0. The van der Waals surface area contributed by atoms with E-state index >= 15 is 0 Å². The van der Waals surface area contributed by atoms with E-state index in [4.69, 9.17) is 0 Å². The molecular weight excluding hydrogens is 264 g/mol. The second-order valence-corrected chi connectivity index (χ2v) is 5.18. The molecule has 2 nitrogen and oxygen atoms in total. The Morgan fingerprint density at radius 1 is 1.44 bits per heavy atom. The zero-order valence-corrected chi connectivity index (χ0v) is 11.4. The molecule has 1 aliphatic rings. The number of aromatic nitrogens is 1. The molecule has 0 N–H and O–H groups in total. The van der Waals surface area contributed by atoms with Crippen LogP contribution >= 0.6 is 15.9 Å². The monoisotopic (exact) mass is 280 g/mol. The van der Waals surface area contributed by atoms with Crippen molar-refractivity contribution in [3.05, 3.63) is 34.6 Å². The highest BCUT2D eigenvalue weighted by molar-refractivity contribution is 9.10. The Morgan fingerprint density at radius 3 is 2.94 bits per heavy atom. The Morgan fingerprint density at radius 2 is 2.25 bits per heavy atom. The molecule has 16 heavy (non-hydrogen) atoms. The molecule has 2 heterocycles. The van der Waals surface area contributed by atoms with Gasteiger partial charge in [-0.25, -0.2) is 4.98 Å². The van der Waals surface area contributed by atoms with E-state index in [1.165, 1.54) is 17.7 Å². The fourth-order valence-electron chi connectivity index (χ4n) is 2.03. The molecule has 0 radical (unpaired) electrons. The van der Waals surface area contributed by atoms with Crippen molar-refractivity contribution in [2.75, 3.05) is 13.1 Å². The van der Waals surface area contributed by atoms with Crippen LogP contribution in [0.1, 0.15) is 25.8 Å². The predicted molar refractivity (Wildman–Crippen MR) is 71.2 cm³/mol. The molecule has 0 spiro atoms. The highest BCUT2D eigenvalue weighted by Crippen LogP contribution is 2.26. The van der Waals surface area contributed by atoms with Crippen LogP contribution in [0.2, 0.25) is 0 Å². The van der Waals surface area contributed by atoms with E-state index in [9.17, 15) is 0 Å². The van der Waals surface area contributed by atoms with Crippen LogP contribution < -0.4 is 0 Å². The van der Waals surface area contributed by atoms with E-state index in [0.717, 1.165) is 17.6 Å². The molecule has 0 aliphatic carbocycles. The maximum Gasteiger partial charge on any atom is 0.113 e. The van der Waals surface area contributed by atoms with Crippen LogP contribution in [0.15, 0.2) is 29.0 Å². The van der Waals surface area contributed by atoms with Crippen molar-refractivity contribution in [3.8, 4) is 0 Å². The summed E-state index contributed by atoms with van der Waals surface area (Å²) in [6.45, 7) is 6.70. The van der Waals surface area contributed by atoms with E-state index < -0.39 is 0 Å². The van der Waals surface area contributed by atoms with Crippen molar-refractivity contribution in [2.24, 2.45) is 0 Å². The average molecular weight is 281 g/mol. The van der Waals surface area contributed by atoms with Crippen LogP contribution in [0.25, 0.3) is 5.57 Å². The lowest BCUT2D eigenvalue weighted by molar-refractivity contribution is 0.248. The summed E-state index contributed by atoms with van der Waals surface area (Å²) in [5.74, 6) is 0. The first-order valence-corrected chi connectivity index (χ1v) is 6.51. The van der Waals surface area contributed by atoms with Gasteiger partial charge in [0.1, 0.15) is 4.60 Å². The minimum absolute atomic E-state index is 0.610. The lowest BCUT2D eigenvalue weighted by atomic mass is 10.0. The first-order valence-electron chi connectivity index (χ1n) is 5.72. The Labute approximate surface area is 106 Å². The Bertz CT molecular complexity index is 399. The van der Waals surface area contributed by atoms with Crippen LogP contribution in [0, 0.1) is 0 Å². The Hall–Kier alpha value is -0.670. The van der Waals surface area contributed by atoms with Gasteiger partial charge in [0.2, 0.25) is 0 Å². The quantitative estimate of drug-likeness (QED) is 0.773. The van der Waals surface area contributed by atoms with Gasteiger partial charge in [0.25, 0.3) is 0 Å². The largest absolute Gasteiger partial charge is 0.296 e. The van der Waals surface area contributed by atoms with E-state index in [2.05, 4.69) is 51.8 Å². The summed E-state index contributed by atoms with van der Waals surface area (Å²) in [5.41, 5.74) is 2.62. The number of pyridine rings is 1. The minimum atomic E-state index is 0.610. The highest BCUT2D eigenvalue weighted by Gasteiger charge is 2.17. The number of nitrogens with zero attached hydrogens (tertiary/aromatic N) is 2. The summed E-state index contributed by atoms with van der Waals surface area (Å²) >= 11 is 3.52. The Balaban J connectivity index is 2.22. The van der Waals surface area contributed by atoms with Crippen LogP contribution in [-0.4, -0.2) is 29.0 Å². The molecule has 0 saturated carbocycles. The lowest BCUT2D eigenvalue weighted by Crippen LogP contribution is -2.35. The number of rotatable bonds is 2. The van der Waals surface area contributed by atoms with Gasteiger partial charge in [0.05, 0.1) is 0 Å². The molecular formula is C13H17BrN2. The molecule has 1 aromatic heterocycles. The van der Waals surface area contributed by atoms with Crippen LogP contribution in [0.3, 0.4) is 0 Å². The van der Waals surface area contributed by atoms with E-state index in [-0.39, 0.29) is 0 Å². The molecule has 0 unspecified atom stereocenters. The number of halogens is 1. The van der Waals surface area contributed by atoms with Crippen LogP contribution in [-0.2, 0) is 0 Å². The molecule has 3 heteroatoms. The van der Waals surface area contributed by atoms with Gasteiger partial charge in [-0.1, -0.05) is 12.1 Å². The zero-order valence-electron chi connectivity index (χ0n) is 9.78. The van der Waals surface area contributed by atoms with Gasteiger partial charge in [-0.05, 0) is 47.8 Å². The zero-order chi connectivity index (χ0) is 11.5. The van der Waals surface area contributed by atoms with Gasteiger partial charge in [-0.2, -0.15) is 0 Å². The molecule has 86 valence electrons. The van der Waals surface area contributed by atoms with Gasteiger partial charge < -0.3 is 0 Å². The van der Waals surface area contributed by atoms with Gasteiger partial charge in [-0.15, -0.1) is 0 Å². The van der Waals surface area contributed by atoms with Gasteiger partial charge >= 0.3 is 0 Å². The van der Waals surface area contributed by atoms with E-state index in [0.29, 0.717) is 6.04 Å². The summed E-state index contributed by atoms with van der Waals surface area (Å²) in [7, 11) is 0. The molecule has 0 fully saturated rings. The summed E-state index contributed by atoms with van der Waals surface area (Å²) in [6.07, 6.45) is 5.28. The smallest absolute Gasteiger partial charge is 0.113 e. The Kier molecular flexibility index (Phi) is 3.77. The van der Waals surface area contributed by atoms with Crippen molar-refractivity contribution >= 4 is 21.5 Å². The van der Waals surface area contributed by atoms with Gasteiger partial charge in [0, 0.05) is 30.9 Å². The third kappa shape index (κ3) is 2.53. The standard InChI is InChI=1S/C13H17BrN2/c1-10(2)16-8-4-5-11(9-16)12-6-3-7-15-13(12)14/h3,5-7,10H,4,8-9H2,1-2H3. The van der Waals surface area contributed by atoms with Crippen LogP contribution in [0.5, 0.6) is 0 Å². The predicted octanol–water partition coefficient (Wildman–Crippen LogP) is 3.34. The molecule has 1 aromatic rings. The van der Waals surface area contributed by atoms with E-state index in [1.54, 1.807) is 0 Å². The van der Waals surface area contributed by atoms with Crippen molar-refractivity contribution in [1.29, 1.82) is 0 Å². The fraction of sp³-hybridized carbons (Fsp3) is 0.462. The van der Waals surface area contributed by atoms with E-state index in [1.807, 2.05) is 12.3 Å². The summed E-state index contributed by atoms with van der Waals surface area (Å²) < 4.78 is 0.951. The van der Waals surface area contributed by atoms with Crippen molar-refractivity contribution in [1.82, 2.24) is 9.88 Å². The SMILES string of the molecule is CC(C)N1CCC=C(c2cccnc2Br)C1. The molecule has 2 rings (SSSR count). The molecule has 0 aromatic carbocycles. The normalized spacial score (nSPS) is 17.6. The van der Waals surface area contributed by atoms with Crippen molar-refractivity contribution in [3.63, 3.8) is 0 Å². The lowest BCUT2D eigenvalue weighted by Gasteiger charge is -2.30. The first kappa shape index (κ1) is 11.8.